The van der Waals surface area contributed by atoms with Gasteiger partial charge in [0.25, 0.3) is 0 Å². The first-order chi connectivity index (χ1) is 12.4. The summed E-state index contributed by atoms with van der Waals surface area (Å²) in [6, 6.07) is 5.34. The van der Waals surface area contributed by atoms with Crippen LogP contribution in [0, 0.1) is 6.92 Å². The third-order valence-electron chi connectivity index (χ3n) is 3.57. The number of carbonyl (C=O) groups is 1. The maximum Gasteiger partial charge on any atom is 0.248 e. The number of rotatable bonds is 6. The molecule has 0 aliphatic rings. The van der Waals surface area contributed by atoms with E-state index >= 15 is 0 Å². The molecule has 0 spiro atoms. The zero-order chi connectivity index (χ0) is 18.7. The first kappa shape index (κ1) is 18.7. The molecule has 0 aliphatic heterocycles. The Morgan fingerprint density at radius 2 is 1.92 bits per heavy atom. The SMILES string of the molecule is Cc1nn(CCC(=O)Nc2ncn(Cc3ccc(Cl)c(Cl)c3)n2)cc1Cl. The summed E-state index contributed by atoms with van der Waals surface area (Å²) in [5.41, 5.74) is 1.66. The van der Waals surface area contributed by atoms with E-state index in [2.05, 4.69) is 20.5 Å². The molecule has 1 amide bonds. The number of amides is 1. The minimum atomic E-state index is -0.207. The first-order valence-corrected chi connectivity index (χ1v) is 8.87. The lowest BCUT2D eigenvalue weighted by Gasteiger charge is -2.03. The van der Waals surface area contributed by atoms with Gasteiger partial charge in [-0.05, 0) is 24.6 Å². The minimum Gasteiger partial charge on any atom is -0.293 e. The van der Waals surface area contributed by atoms with Crippen molar-refractivity contribution >= 4 is 46.7 Å². The lowest BCUT2D eigenvalue weighted by Crippen LogP contribution is -2.16. The van der Waals surface area contributed by atoms with Gasteiger partial charge in [-0.3, -0.25) is 14.8 Å². The molecular weight excluding hydrogens is 399 g/mol. The Kier molecular flexibility index (Phi) is 5.80. The Morgan fingerprint density at radius 1 is 1.12 bits per heavy atom. The van der Waals surface area contributed by atoms with Gasteiger partial charge in [-0.2, -0.15) is 5.10 Å². The van der Waals surface area contributed by atoms with Crippen LogP contribution >= 0.6 is 34.8 Å². The fourth-order valence-corrected chi connectivity index (χ4v) is 2.74. The van der Waals surface area contributed by atoms with E-state index in [0.29, 0.717) is 28.2 Å². The van der Waals surface area contributed by atoms with E-state index in [1.807, 2.05) is 13.0 Å². The molecule has 0 fully saturated rings. The molecule has 0 aliphatic carbocycles. The van der Waals surface area contributed by atoms with E-state index < -0.39 is 0 Å². The number of benzene rings is 1. The molecule has 3 aromatic rings. The van der Waals surface area contributed by atoms with Crippen molar-refractivity contribution in [2.75, 3.05) is 5.32 Å². The molecule has 1 aromatic carbocycles. The van der Waals surface area contributed by atoms with Crippen LogP contribution in [0.3, 0.4) is 0 Å². The maximum absolute atomic E-state index is 12.0. The monoisotopic (exact) mass is 412 g/mol. The lowest BCUT2D eigenvalue weighted by atomic mass is 10.2. The van der Waals surface area contributed by atoms with Gasteiger partial charge in [0.2, 0.25) is 11.9 Å². The summed E-state index contributed by atoms with van der Waals surface area (Å²) in [5.74, 6) is 0.0336. The number of hydrogen-bond acceptors (Lipinski definition) is 4. The highest BCUT2D eigenvalue weighted by atomic mass is 35.5. The Bertz CT molecular complexity index is 916. The summed E-state index contributed by atoms with van der Waals surface area (Å²) in [6.07, 6.45) is 3.46. The fourth-order valence-electron chi connectivity index (χ4n) is 2.26. The van der Waals surface area contributed by atoms with E-state index in [9.17, 15) is 4.79 Å². The predicted octanol–water partition coefficient (Wildman–Crippen LogP) is 3.82. The van der Waals surface area contributed by atoms with Gasteiger partial charge in [0.15, 0.2) is 0 Å². The van der Waals surface area contributed by atoms with Crippen molar-refractivity contribution < 1.29 is 4.79 Å². The molecule has 2 aromatic heterocycles. The second-order valence-electron chi connectivity index (χ2n) is 5.64. The van der Waals surface area contributed by atoms with Crippen LogP contribution in [-0.4, -0.2) is 30.5 Å². The predicted molar refractivity (Wildman–Crippen MR) is 101 cm³/mol. The first-order valence-electron chi connectivity index (χ1n) is 7.73. The summed E-state index contributed by atoms with van der Waals surface area (Å²) in [5, 5.41) is 12.6. The lowest BCUT2D eigenvalue weighted by molar-refractivity contribution is -0.116. The molecule has 26 heavy (non-hydrogen) atoms. The van der Waals surface area contributed by atoms with Crippen LogP contribution in [0.1, 0.15) is 17.7 Å². The molecule has 1 N–H and O–H groups in total. The Hall–Kier alpha value is -2.09. The molecular formula is C16H15Cl3N6O. The topological polar surface area (TPSA) is 77.6 Å². The average molecular weight is 414 g/mol. The Balaban J connectivity index is 1.54. The molecule has 10 heteroatoms. The van der Waals surface area contributed by atoms with Crippen LogP contribution in [0.5, 0.6) is 0 Å². The van der Waals surface area contributed by atoms with E-state index in [-0.39, 0.29) is 18.3 Å². The van der Waals surface area contributed by atoms with Gasteiger partial charge in [0, 0.05) is 19.2 Å². The van der Waals surface area contributed by atoms with E-state index in [1.54, 1.807) is 27.7 Å². The second kappa shape index (κ2) is 8.07. The quantitative estimate of drug-likeness (QED) is 0.666. The van der Waals surface area contributed by atoms with E-state index in [4.69, 9.17) is 34.8 Å². The molecule has 0 radical (unpaired) electrons. The largest absolute Gasteiger partial charge is 0.293 e. The van der Waals surface area contributed by atoms with Crippen LogP contribution in [-0.2, 0) is 17.9 Å². The van der Waals surface area contributed by atoms with Crippen LogP contribution in [0.15, 0.2) is 30.7 Å². The third-order valence-corrected chi connectivity index (χ3v) is 4.68. The van der Waals surface area contributed by atoms with Gasteiger partial charge < -0.3 is 0 Å². The maximum atomic E-state index is 12.0. The number of halogens is 3. The Morgan fingerprint density at radius 3 is 2.62 bits per heavy atom. The molecule has 0 saturated carbocycles. The van der Waals surface area contributed by atoms with Crippen LogP contribution in [0.25, 0.3) is 0 Å². The van der Waals surface area contributed by atoms with Gasteiger partial charge in [0.05, 0.1) is 27.3 Å². The standard InChI is InChI=1S/C16H15Cl3N6O/c1-10-14(19)8-24(22-10)5-4-15(26)21-16-20-9-25(23-16)7-11-2-3-12(17)13(18)6-11/h2-3,6,8-9H,4-5,7H2,1H3,(H,21,23,26). The summed E-state index contributed by atoms with van der Waals surface area (Å²) < 4.78 is 3.24. The molecule has 0 bridgehead atoms. The molecule has 3 rings (SSSR count). The third kappa shape index (κ3) is 4.75. The number of carbonyl (C=O) groups excluding carboxylic acids is 1. The minimum absolute atomic E-state index is 0.207. The van der Waals surface area contributed by atoms with E-state index in [0.717, 1.165) is 11.3 Å². The molecule has 136 valence electrons. The molecule has 7 nitrogen and oxygen atoms in total. The van der Waals surface area contributed by atoms with Crippen LogP contribution in [0.2, 0.25) is 15.1 Å². The van der Waals surface area contributed by atoms with Crippen molar-refractivity contribution in [2.24, 2.45) is 0 Å². The van der Waals surface area contributed by atoms with Gasteiger partial charge in [-0.1, -0.05) is 40.9 Å². The zero-order valence-electron chi connectivity index (χ0n) is 13.8. The van der Waals surface area contributed by atoms with Crippen molar-refractivity contribution in [3.63, 3.8) is 0 Å². The van der Waals surface area contributed by atoms with Crippen LogP contribution in [0.4, 0.5) is 5.95 Å². The van der Waals surface area contributed by atoms with Gasteiger partial charge in [0.1, 0.15) is 6.33 Å². The van der Waals surface area contributed by atoms with Crippen LogP contribution < -0.4 is 5.32 Å². The van der Waals surface area contributed by atoms with Crippen molar-refractivity contribution in [3.8, 4) is 0 Å². The van der Waals surface area contributed by atoms with Crippen molar-refractivity contribution in [1.82, 2.24) is 24.5 Å². The average Bonchev–Trinajstić information content (AvgIpc) is 3.15. The highest BCUT2D eigenvalue weighted by Gasteiger charge is 2.09. The number of anilines is 1. The molecule has 0 unspecified atom stereocenters. The van der Waals surface area contributed by atoms with Gasteiger partial charge >= 0.3 is 0 Å². The van der Waals surface area contributed by atoms with E-state index in [1.165, 1.54) is 6.33 Å². The normalized spacial score (nSPS) is 10.9. The van der Waals surface area contributed by atoms with Crippen molar-refractivity contribution in [1.29, 1.82) is 0 Å². The molecule has 2 heterocycles. The number of aromatic nitrogens is 5. The zero-order valence-corrected chi connectivity index (χ0v) is 16.1. The van der Waals surface area contributed by atoms with Crippen molar-refractivity contribution in [2.45, 2.75) is 26.4 Å². The second-order valence-corrected chi connectivity index (χ2v) is 6.86. The molecule has 0 atom stereocenters. The number of nitrogens with zero attached hydrogens (tertiary/aromatic N) is 5. The Labute approximate surface area is 164 Å². The van der Waals surface area contributed by atoms with Gasteiger partial charge in [-0.15, -0.1) is 5.10 Å². The summed E-state index contributed by atoms with van der Waals surface area (Å²) >= 11 is 17.8. The van der Waals surface area contributed by atoms with Crippen molar-refractivity contribution in [3.05, 3.63) is 57.0 Å². The smallest absolute Gasteiger partial charge is 0.248 e. The summed E-state index contributed by atoms with van der Waals surface area (Å²) in [6.45, 7) is 2.69. The summed E-state index contributed by atoms with van der Waals surface area (Å²) in [4.78, 5) is 16.1. The number of nitrogens with one attached hydrogen (secondary N) is 1. The molecule has 0 saturated heterocycles. The summed E-state index contributed by atoms with van der Waals surface area (Å²) in [7, 11) is 0. The van der Waals surface area contributed by atoms with Gasteiger partial charge in [-0.25, -0.2) is 9.67 Å². The highest BCUT2D eigenvalue weighted by Crippen LogP contribution is 2.22. The highest BCUT2D eigenvalue weighted by molar-refractivity contribution is 6.42. The number of hydrogen-bond donors (Lipinski definition) is 1. The number of aryl methyl sites for hydroxylation is 2. The fraction of sp³-hybridized carbons (Fsp3) is 0.250.